The first-order valence-electron chi connectivity index (χ1n) is 8.46. The molecule has 5 nitrogen and oxygen atoms in total. The molecule has 0 aromatic heterocycles. The summed E-state index contributed by atoms with van der Waals surface area (Å²) in [6.07, 6.45) is 0. The Balaban J connectivity index is 1.64. The van der Waals surface area contributed by atoms with Crippen LogP contribution in [0, 0.1) is 6.92 Å². The van der Waals surface area contributed by atoms with E-state index in [9.17, 15) is 4.79 Å². The number of hydrogen-bond acceptors (Lipinski definition) is 3. The molecule has 2 N–H and O–H groups in total. The van der Waals surface area contributed by atoms with Gasteiger partial charge in [0.15, 0.2) is 11.5 Å². The van der Waals surface area contributed by atoms with Crippen molar-refractivity contribution in [1.29, 1.82) is 0 Å². The van der Waals surface area contributed by atoms with Crippen molar-refractivity contribution in [2.45, 2.75) is 32.9 Å². The molecule has 0 saturated heterocycles. The maximum Gasteiger partial charge on any atom is 0.315 e. The van der Waals surface area contributed by atoms with Gasteiger partial charge in [0.05, 0.1) is 5.54 Å². The van der Waals surface area contributed by atoms with Gasteiger partial charge in [-0.05, 0) is 49.6 Å². The number of hydrogen-bond donors (Lipinski definition) is 2. The predicted octanol–water partition coefficient (Wildman–Crippen LogP) is 3.50. The van der Waals surface area contributed by atoms with Gasteiger partial charge in [0.2, 0.25) is 0 Å². The molecule has 1 heterocycles. The third kappa shape index (κ3) is 4.05. The molecular formula is C20H24N2O3. The van der Waals surface area contributed by atoms with Gasteiger partial charge in [-0.15, -0.1) is 0 Å². The average Bonchev–Trinajstić information content (AvgIpc) is 2.60. The molecule has 3 rings (SSSR count). The van der Waals surface area contributed by atoms with Crippen LogP contribution in [0.15, 0.2) is 42.5 Å². The van der Waals surface area contributed by atoms with Gasteiger partial charge < -0.3 is 20.1 Å². The number of amides is 2. The second kappa shape index (κ2) is 7.05. The molecule has 0 radical (unpaired) electrons. The molecule has 2 amide bonds. The molecule has 0 fully saturated rings. The van der Waals surface area contributed by atoms with E-state index in [-0.39, 0.29) is 6.03 Å². The van der Waals surface area contributed by atoms with Crippen molar-refractivity contribution in [3.8, 4) is 11.5 Å². The molecular weight excluding hydrogens is 316 g/mol. The molecule has 1 aliphatic heterocycles. The highest BCUT2D eigenvalue weighted by atomic mass is 16.6. The summed E-state index contributed by atoms with van der Waals surface area (Å²) in [7, 11) is 0. The normalized spacial score (nSPS) is 13.2. The summed E-state index contributed by atoms with van der Waals surface area (Å²) in [4.78, 5) is 12.3. The second-order valence-corrected chi connectivity index (χ2v) is 6.72. The highest BCUT2D eigenvalue weighted by Crippen LogP contribution is 2.34. The minimum atomic E-state index is -0.536. The van der Waals surface area contributed by atoms with E-state index in [1.165, 1.54) is 0 Å². The molecule has 0 atom stereocenters. The van der Waals surface area contributed by atoms with Crippen molar-refractivity contribution in [3.63, 3.8) is 0 Å². The number of urea groups is 1. The Morgan fingerprint density at radius 1 is 1.08 bits per heavy atom. The molecule has 0 bridgehead atoms. The van der Waals surface area contributed by atoms with Gasteiger partial charge in [0.1, 0.15) is 13.2 Å². The van der Waals surface area contributed by atoms with E-state index in [0.29, 0.717) is 19.8 Å². The van der Waals surface area contributed by atoms with E-state index in [1.54, 1.807) is 0 Å². The standard InChI is InChI=1S/C20H24N2O3/c1-14-6-4-5-7-15(14)13-21-19(23)22-20(2,3)16-8-9-17-18(12-16)25-11-10-24-17/h4-9,12H,10-11,13H2,1-3H3,(H2,21,22,23). The van der Waals surface area contributed by atoms with Crippen LogP contribution < -0.4 is 20.1 Å². The van der Waals surface area contributed by atoms with Crippen LogP contribution in [0.4, 0.5) is 4.79 Å². The quantitative estimate of drug-likeness (QED) is 0.895. The molecule has 0 unspecified atom stereocenters. The number of fused-ring (bicyclic) bond motifs is 1. The molecule has 0 spiro atoms. The molecule has 0 saturated carbocycles. The Morgan fingerprint density at radius 2 is 1.80 bits per heavy atom. The molecule has 2 aromatic rings. The lowest BCUT2D eigenvalue weighted by Gasteiger charge is -2.29. The first-order chi connectivity index (χ1) is 12.0. The van der Waals surface area contributed by atoms with Crippen molar-refractivity contribution in [2.75, 3.05) is 13.2 Å². The first kappa shape index (κ1) is 17.1. The highest BCUT2D eigenvalue weighted by molar-refractivity contribution is 5.75. The van der Waals surface area contributed by atoms with Gasteiger partial charge in [0, 0.05) is 6.54 Å². The molecule has 1 aliphatic rings. The fourth-order valence-corrected chi connectivity index (χ4v) is 2.82. The average molecular weight is 340 g/mol. The summed E-state index contributed by atoms with van der Waals surface area (Å²) >= 11 is 0. The number of ether oxygens (including phenoxy) is 2. The lowest BCUT2D eigenvalue weighted by Crippen LogP contribution is -2.46. The van der Waals surface area contributed by atoms with Crippen LogP contribution in [0.2, 0.25) is 0 Å². The van der Waals surface area contributed by atoms with Gasteiger partial charge >= 0.3 is 6.03 Å². The maximum absolute atomic E-state index is 12.3. The highest BCUT2D eigenvalue weighted by Gasteiger charge is 2.25. The number of benzene rings is 2. The van der Waals surface area contributed by atoms with Crippen molar-refractivity contribution < 1.29 is 14.3 Å². The minimum Gasteiger partial charge on any atom is -0.486 e. The van der Waals surface area contributed by atoms with Crippen LogP contribution in [0.3, 0.4) is 0 Å². The number of nitrogens with one attached hydrogen (secondary N) is 2. The van der Waals surface area contributed by atoms with Crippen molar-refractivity contribution in [2.24, 2.45) is 0 Å². The Hall–Kier alpha value is -2.69. The zero-order valence-electron chi connectivity index (χ0n) is 14.9. The van der Waals surface area contributed by atoms with Crippen molar-refractivity contribution >= 4 is 6.03 Å². The Labute approximate surface area is 148 Å². The molecule has 2 aromatic carbocycles. The SMILES string of the molecule is Cc1ccccc1CNC(=O)NC(C)(C)c1ccc2c(c1)OCCO2. The predicted molar refractivity (Wildman–Crippen MR) is 97.0 cm³/mol. The first-order valence-corrected chi connectivity index (χ1v) is 8.46. The lowest BCUT2D eigenvalue weighted by molar-refractivity contribution is 0.171. The summed E-state index contributed by atoms with van der Waals surface area (Å²) in [5.41, 5.74) is 2.69. The summed E-state index contributed by atoms with van der Waals surface area (Å²) in [6.45, 7) is 7.57. The number of carbonyl (C=O) groups excluding carboxylic acids is 1. The van der Waals surface area contributed by atoms with Crippen LogP contribution in [0.25, 0.3) is 0 Å². The molecule has 5 heteroatoms. The molecule has 132 valence electrons. The molecule has 25 heavy (non-hydrogen) atoms. The van der Waals surface area contributed by atoms with Gasteiger partial charge in [0.25, 0.3) is 0 Å². The van der Waals surface area contributed by atoms with Crippen LogP contribution in [-0.4, -0.2) is 19.2 Å². The van der Waals surface area contributed by atoms with Gasteiger partial charge in [-0.25, -0.2) is 4.79 Å². The van der Waals surface area contributed by atoms with E-state index in [0.717, 1.165) is 28.2 Å². The Morgan fingerprint density at radius 3 is 2.56 bits per heavy atom. The zero-order chi connectivity index (χ0) is 17.9. The Kier molecular flexibility index (Phi) is 4.83. The van der Waals surface area contributed by atoms with Crippen LogP contribution in [-0.2, 0) is 12.1 Å². The largest absolute Gasteiger partial charge is 0.486 e. The summed E-state index contributed by atoms with van der Waals surface area (Å²) in [5, 5.41) is 5.94. The monoisotopic (exact) mass is 340 g/mol. The topological polar surface area (TPSA) is 59.6 Å². The summed E-state index contributed by atoms with van der Waals surface area (Å²) in [6, 6.07) is 13.6. The maximum atomic E-state index is 12.3. The number of aryl methyl sites for hydroxylation is 1. The van der Waals surface area contributed by atoms with E-state index >= 15 is 0 Å². The van der Waals surface area contributed by atoms with Gasteiger partial charge in [-0.2, -0.15) is 0 Å². The van der Waals surface area contributed by atoms with E-state index in [2.05, 4.69) is 10.6 Å². The third-order valence-corrected chi connectivity index (χ3v) is 4.39. The fourth-order valence-electron chi connectivity index (χ4n) is 2.82. The summed E-state index contributed by atoms with van der Waals surface area (Å²) < 4.78 is 11.2. The summed E-state index contributed by atoms with van der Waals surface area (Å²) in [5.74, 6) is 1.47. The van der Waals surface area contributed by atoms with Crippen molar-refractivity contribution in [3.05, 3.63) is 59.2 Å². The van der Waals surface area contributed by atoms with Crippen LogP contribution >= 0.6 is 0 Å². The van der Waals surface area contributed by atoms with Gasteiger partial charge in [-0.1, -0.05) is 30.3 Å². The Bertz CT molecular complexity index is 771. The minimum absolute atomic E-state index is 0.205. The lowest BCUT2D eigenvalue weighted by atomic mass is 9.94. The second-order valence-electron chi connectivity index (χ2n) is 6.72. The van der Waals surface area contributed by atoms with Gasteiger partial charge in [-0.3, -0.25) is 0 Å². The fraction of sp³-hybridized carbons (Fsp3) is 0.350. The smallest absolute Gasteiger partial charge is 0.315 e. The zero-order valence-corrected chi connectivity index (χ0v) is 14.9. The number of carbonyl (C=O) groups is 1. The van der Waals surface area contributed by atoms with E-state index in [4.69, 9.17) is 9.47 Å². The third-order valence-electron chi connectivity index (χ3n) is 4.39. The van der Waals surface area contributed by atoms with E-state index < -0.39 is 5.54 Å². The van der Waals surface area contributed by atoms with Crippen LogP contribution in [0.1, 0.15) is 30.5 Å². The number of rotatable bonds is 4. The van der Waals surface area contributed by atoms with E-state index in [1.807, 2.05) is 63.2 Å². The van der Waals surface area contributed by atoms with Crippen LogP contribution in [0.5, 0.6) is 11.5 Å². The van der Waals surface area contributed by atoms with Crippen molar-refractivity contribution in [1.82, 2.24) is 10.6 Å². The molecule has 0 aliphatic carbocycles.